The third kappa shape index (κ3) is 2.73. The van der Waals surface area contributed by atoms with Crippen LogP contribution in [0, 0.1) is 3.57 Å². The lowest BCUT2D eigenvalue weighted by Crippen LogP contribution is -2.06. The first-order valence-electron chi connectivity index (χ1n) is 6.45. The Balaban J connectivity index is 2.14. The molecule has 2 heterocycles. The highest BCUT2D eigenvalue weighted by Gasteiger charge is 2.15. The monoisotopic (exact) mass is 395 g/mol. The molecule has 1 N–H and O–H groups in total. The second-order valence-corrected chi connectivity index (χ2v) is 5.57. The van der Waals surface area contributed by atoms with Gasteiger partial charge in [-0.3, -0.25) is 0 Å². The molecule has 0 amide bonds. The summed E-state index contributed by atoms with van der Waals surface area (Å²) < 4.78 is 12.0. The van der Waals surface area contributed by atoms with Gasteiger partial charge in [-0.2, -0.15) is 0 Å². The number of hydrogen-bond donors (Lipinski definition) is 1. The number of aromatic nitrogens is 2. The van der Waals surface area contributed by atoms with Gasteiger partial charge in [0.2, 0.25) is 0 Å². The van der Waals surface area contributed by atoms with Crippen molar-refractivity contribution in [2.75, 3.05) is 19.5 Å². The van der Waals surface area contributed by atoms with Gasteiger partial charge in [0, 0.05) is 19.5 Å². The molecule has 6 heteroatoms. The summed E-state index contributed by atoms with van der Waals surface area (Å²) in [6, 6.07) is 9.81. The van der Waals surface area contributed by atoms with Crippen LogP contribution in [-0.4, -0.2) is 24.1 Å². The first-order valence-corrected chi connectivity index (χ1v) is 7.53. The van der Waals surface area contributed by atoms with Crippen molar-refractivity contribution in [1.29, 1.82) is 0 Å². The highest BCUT2D eigenvalue weighted by atomic mass is 127. The zero-order chi connectivity index (χ0) is 14.8. The van der Waals surface area contributed by atoms with Gasteiger partial charge in [0.25, 0.3) is 0 Å². The van der Waals surface area contributed by atoms with Gasteiger partial charge < -0.3 is 14.5 Å². The highest BCUT2D eigenvalue weighted by molar-refractivity contribution is 14.1. The van der Waals surface area contributed by atoms with Crippen LogP contribution in [0.25, 0.3) is 22.6 Å². The summed E-state index contributed by atoms with van der Waals surface area (Å²) in [6.07, 6.45) is 0. The Morgan fingerprint density at radius 2 is 2.10 bits per heavy atom. The van der Waals surface area contributed by atoms with Crippen molar-refractivity contribution < 1.29 is 9.15 Å². The summed E-state index contributed by atoms with van der Waals surface area (Å²) in [6.45, 7) is 0.433. The van der Waals surface area contributed by atoms with Gasteiger partial charge in [0.15, 0.2) is 11.6 Å². The average Bonchev–Trinajstić information content (AvgIpc) is 2.93. The maximum Gasteiger partial charge on any atom is 0.198 e. The van der Waals surface area contributed by atoms with E-state index in [1.807, 2.05) is 37.4 Å². The fourth-order valence-corrected chi connectivity index (χ4v) is 2.76. The van der Waals surface area contributed by atoms with E-state index < -0.39 is 0 Å². The van der Waals surface area contributed by atoms with Crippen LogP contribution in [0.2, 0.25) is 0 Å². The van der Waals surface area contributed by atoms with Gasteiger partial charge in [-0.15, -0.1) is 0 Å². The minimum atomic E-state index is 0.433. The number of methoxy groups -OCH3 is 1. The van der Waals surface area contributed by atoms with Crippen molar-refractivity contribution in [1.82, 2.24) is 9.97 Å². The van der Waals surface area contributed by atoms with E-state index in [0.717, 1.165) is 26.1 Å². The maximum atomic E-state index is 5.83. The average molecular weight is 395 g/mol. The Bertz CT molecular complexity index is 753. The van der Waals surface area contributed by atoms with Gasteiger partial charge in [0.1, 0.15) is 11.4 Å². The van der Waals surface area contributed by atoms with Crippen LogP contribution in [0.15, 0.2) is 34.7 Å². The summed E-state index contributed by atoms with van der Waals surface area (Å²) in [5.74, 6) is 1.98. The van der Waals surface area contributed by atoms with Crippen LogP contribution >= 0.6 is 22.6 Å². The van der Waals surface area contributed by atoms with Crippen molar-refractivity contribution in [3.8, 4) is 11.6 Å². The van der Waals surface area contributed by atoms with Crippen LogP contribution in [0.4, 0.5) is 5.82 Å². The lowest BCUT2D eigenvalue weighted by atomic mass is 10.2. The molecule has 0 atom stereocenters. The van der Waals surface area contributed by atoms with Gasteiger partial charge in [-0.05, 0) is 34.7 Å². The van der Waals surface area contributed by atoms with Gasteiger partial charge >= 0.3 is 0 Å². The molecule has 0 bridgehead atoms. The van der Waals surface area contributed by atoms with Gasteiger partial charge in [-0.1, -0.05) is 18.2 Å². The topological polar surface area (TPSA) is 60.2 Å². The SMILES string of the molecule is CNc1nc(-c2cc3ccccc3o2)nc(COC)c1I. The quantitative estimate of drug-likeness (QED) is 0.683. The fourth-order valence-electron chi connectivity index (χ4n) is 2.09. The van der Waals surface area contributed by atoms with E-state index in [4.69, 9.17) is 9.15 Å². The highest BCUT2D eigenvalue weighted by Crippen LogP contribution is 2.28. The van der Waals surface area contributed by atoms with E-state index in [1.54, 1.807) is 7.11 Å². The molecule has 0 unspecified atom stereocenters. The Hall–Kier alpha value is -1.67. The molecular weight excluding hydrogens is 381 g/mol. The van der Waals surface area contributed by atoms with Crippen LogP contribution in [0.1, 0.15) is 5.69 Å². The van der Waals surface area contributed by atoms with Crippen LogP contribution in [0.5, 0.6) is 0 Å². The largest absolute Gasteiger partial charge is 0.453 e. The molecule has 2 aromatic heterocycles. The number of anilines is 1. The summed E-state index contributed by atoms with van der Waals surface area (Å²) >= 11 is 2.22. The van der Waals surface area contributed by atoms with Crippen molar-refractivity contribution in [2.24, 2.45) is 0 Å². The molecule has 0 aliphatic carbocycles. The number of para-hydroxylation sites is 1. The Kier molecular flexibility index (Phi) is 4.07. The van der Waals surface area contributed by atoms with E-state index in [2.05, 4.69) is 37.9 Å². The number of halogens is 1. The number of fused-ring (bicyclic) bond motifs is 1. The molecule has 0 aliphatic rings. The molecule has 3 rings (SSSR count). The minimum Gasteiger partial charge on any atom is -0.453 e. The Morgan fingerprint density at radius 1 is 1.29 bits per heavy atom. The Labute approximate surface area is 135 Å². The van der Waals surface area contributed by atoms with Crippen LogP contribution < -0.4 is 5.32 Å². The molecule has 0 fully saturated rings. The molecule has 0 saturated carbocycles. The van der Waals surface area contributed by atoms with Gasteiger partial charge in [-0.25, -0.2) is 9.97 Å². The third-order valence-electron chi connectivity index (χ3n) is 3.08. The molecule has 0 radical (unpaired) electrons. The molecular formula is C15H14IN3O2. The lowest BCUT2D eigenvalue weighted by Gasteiger charge is -2.09. The third-order valence-corrected chi connectivity index (χ3v) is 4.22. The van der Waals surface area contributed by atoms with Crippen molar-refractivity contribution in [2.45, 2.75) is 6.61 Å². The van der Waals surface area contributed by atoms with E-state index in [0.29, 0.717) is 18.2 Å². The lowest BCUT2D eigenvalue weighted by molar-refractivity contribution is 0.181. The van der Waals surface area contributed by atoms with Gasteiger partial charge in [0.05, 0.1) is 15.9 Å². The molecule has 0 spiro atoms. The summed E-state index contributed by atoms with van der Waals surface area (Å²) in [4.78, 5) is 9.08. The first-order chi connectivity index (χ1) is 10.2. The molecule has 3 aromatic rings. The summed E-state index contributed by atoms with van der Waals surface area (Å²) in [5, 5.41) is 4.12. The van der Waals surface area contributed by atoms with Crippen molar-refractivity contribution >= 4 is 39.4 Å². The first kappa shape index (κ1) is 14.3. The number of furan rings is 1. The van der Waals surface area contributed by atoms with E-state index in [9.17, 15) is 0 Å². The standard InChI is InChI=1S/C15H14IN3O2/c1-17-15-13(16)10(8-20-2)18-14(19-15)12-7-9-5-3-4-6-11(9)21-12/h3-7H,8H2,1-2H3,(H,17,18,19). The molecule has 0 saturated heterocycles. The second kappa shape index (κ2) is 5.98. The number of ether oxygens (including phenoxy) is 1. The summed E-state index contributed by atoms with van der Waals surface area (Å²) in [7, 11) is 3.49. The van der Waals surface area contributed by atoms with Crippen molar-refractivity contribution in [3.05, 3.63) is 39.6 Å². The number of nitrogens with zero attached hydrogens (tertiary/aromatic N) is 2. The van der Waals surface area contributed by atoms with Crippen LogP contribution in [0.3, 0.4) is 0 Å². The Morgan fingerprint density at radius 3 is 2.81 bits per heavy atom. The van der Waals surface area contributed by atoms with E-state index >= 15 is 0 Å². The van der Waals surface area contributed by atoms with E-state index in [1.165, 1.54) is 0 Å². The smallest absolute Gasteiger partial charge is 0.198 e. The number of hydrogen-bond acceptors (Lipinski definition) is 5. The molecule has 0 aliphatic heterocycles. The fraction of sp³-hybridized carbons (Fsp3) is 0.200. The predicted octanol–water partition coefficient (Wildman–Crippen LogP) is 3.68. The molecule has 21 heavy (non-hydrogen) atoms. The number of benzene rings is 1. The molecule has 5 nitrogen and oxygen atoms in total. The number of nitrogens with one attached hydrogen (secondary N) is 1. The number of rotatable bonds is 4. The molecule has 1 aromatic carbocycles. The minimum absolute atomic E-state index is 0.433. The zero-order valence-corrected chi connectivity index (χ0v) is 13.8. The maximum absolute atomic E-state index is 5.83. The van der Waals surface area contributed by atoms with E-state index in [-0.39, 0.29) is 0 Å². The molecule has 108 valence electrons. The zero-order valence-electron chi connectivity index (χ0n) is 11.7. The van der Waals surface area contributed by atoms with Crippen LogP contribution in [-0.2, 0) is 11.3 Å². The normalized spacial score (nSPS) is 11.0. The second-order valence-electron chi connectivity index (χ2n) is 4.49. The predicted molar refractivity (Wildman–Crippen MR) is 90.2 cm³/mol. The summed E-state index contributed by atoms with van der Waals surface area (Å²) in [5.41, 5.74) is 1.67. The van der Waals surface area contributed by atoms with Crippen molar-refractivity contribution in [3.63, 3.8) is 0 Å².